The topological polar surface area (TPSA) is 139 Å². The van der Waals surface area contributed by atoms with Gasteiger partial charge in [0.2, 0.25) is 0 Å². The Balaban J connectivity index is 2.68. The average Bonchev–Trinajstić information content (AvgIpc) is 2.29. The van der Waals surface area contributed by atoms with Gasteiger partial charge in [-0.2, -0.15) is 0 Å². The molecule has 0 amide bonds. The Morgan fingerprint density at radius 1 is 1.29 bits per heavy atom. The molecule has 6 N–H and O–H groups in total. The van der Waals surface area contributed by atoms with Gasteiger partial charge in [0, 0.05) is 0 Å². The maximum atomic E-state index is 10.6. The van der Waals surface area contributed by atoms with Crippen LogP contribution >= 0.6 is 0 Å². The van der Waals surface area contributed by atoms with Gasteiger partial charge in [-0.1, -0.05) is 0 Å². The molecule has 0 aromatic heterocycles. The first-order valence-electron chi connectivity index (χ1n) is 5.17. The molecule has 0 aromatic rings. The molecule has 1 saturated heterocycles. The van der Waals surface area contributed by atoms with Gasteiger partial charge in [0.1, 0.15) is 36.7 Å². The largest absolute Gasteiger partial charge is 0.480 e. The molecule has 8 heteroatoms. The van der Waals surface area contributed by atoms with Crippen LogP contribution in [0.4, 0.5) is 0 Å². The number of rotatable bonds is 4. The number of carboxylic acid groups (broad SMARTS) is 1. The Kier molecular flexibility index (Phi) is 4.80. The molecule has 17 heavy (non-hydrogen) atoms. The second-order valence-electron chi connectivity index (χ2n) is 3.98. The summed E-state index contributed by atoms with van der Waals surface area (Å²) in [5.41, 5.74) is 0. The number of aliphatic hydroxyl groups is 4. The zero-order valence-electron chi connectivity index (χ0n) is 9.22. The van der Waals surface area contributed by atoms with Crippen molar-refractivity contribution in [2.24, 2.45) is 0 Å². The molecule has 1 aliphatic rings. The van der Waals surface area contributed by atoms with Gasteiger partial charge in [0.05, 0.1) is 6.61 Å². The monoisotopic (exact) mass is 251 g/mol. The van der Waals surface area contributed by atoms with Gasteiger partial charge in [-0.15, -0.1) is 0 Å². The molecule has 0 aliphatic carbocycles. The molecule has 8 nitrogen and oxygen atoms in total. The highest BCUT2D eigenvalue weighted by Gasteiger charge is 2.43. The van der Waals surface area contributed by atoms with Crippen LogP contribution in [0.5, 0.6) is 0 Å². The number of hydrogen-bond acceptors (Lipinski definition) is 7. The molecule has 6 atom stereocenters. The molecule has 1 heterocycles. The van der Waals surface area contributed by atoms with Gasteiger partial charge in [-0.05, 0) is 6.92 Å². The lowest BCUT2D eigenvalue weighted by Gasteiger charge is -2.40. The van der Waals surface area contributed by atoms with Gasteiger partial charge >= 0.3 is 5.97 Å². The molecule has 1 aliphatic heterocycles. The van der Waals surface area contributed by atoms with E-state index in [0.717, 1.165) is 0 Å². The first-order chi connectivity index (χ1) is 7.88. The molecule has 0 saturated carbocycles. The van der Waals surface area contributed by atoms with Gasteiger partial charge in [-0.3, -0.25) is 10.1 Å². The van der Waals surface area contributed by atoms with E-state index in [4.69, 9.17) is 14.9 Å². The van der Waals surface area contributed by atoms with Crippen LogP contribution in [-0.4, -0.2) is 74.8 Å². The van der Waals surface area contributed by atoms with Crippen LogP contribution < -0.4 is 5.32 Å². The van der Waals surface area contributed by atoms with Crippen LogP contribution in [0.1, 0.15) is 6.92 Å². The van der Waals surface area contributed by atoms with E-state index in [1.165, 1.54) is 6.92 Å². The summed E-state index contributed by atoms with van der Waals surface area (Å²) in [5.74, 6) is -1.15. The Hall–Kier alpha value is -0.770. The van der Waals surface area contributed by atoms with E-state index in [0.29, 0.717) is 0 Å². The first kappa shape index (κ1) is 14.3. The maximum absolute atomic E-state index is 10.6. The molecule has 0 radical (unpaired) electrons. The smallest absolute Gasteiger partial charge is 0.320 e. The van der Waals surface area contributed by atoms with Crippen LogP contribution in [-0.2, 0) is 9.53 Å². The second kappa shape index (κ2) is 5.71. The molecule has 0 spiro atoms. The Morgan fingerprint density at radius 3 is 2.35 bits per heavy atom. The lowest BCUT2D eigenvalue weighted by molar-refractivity contribution is -0.238. The third-order valence-electron chi connectivity index (χ3n) is 2.68. The summed E-state index contributed by atoms with van der Waals surface area (Å²) in [4.78, 5) is 10.6. The van der Waals surface area contributed by atoms with Crippen molar-refractivity contribution in [3.05, 3.63) is 0 Å². The lowest BCUT2D eigenvalue weighted by atomic mass is 9.98. The normalized spacial score (nSPS) is 39.9. The van der Waals surface area contributed by atoms with E-state index in [2.05, 4.69) is 5.32 Å². The lowest BCUT2D eigenvalue weighted by Crippen LogP contribution is -2.64. The number of ether oxygens (including phenoxy) is 1. The number of nitrogens with one attached hydrogen (secondary N) is 1. The molecule has 1 fully saturated rings. The van der Waals surface area contributed by atoms with Crippen LogP contribution in [0.25, 0.3) is 0 Å². The van der Waals surface area contributed by atoms with Crippen molar-refractivity contribution in [3.8, 4) is 0 Å². The summed E-state index contributed by atoms with van der Waals surface area (Å²) in [6, 6.07) is -1.00. The van der Waals surface area contributed by atoms with Gasteiger partial charge in [0.15, 0.2) is 0 Å². The second-order valence-corrected chi connectivity index (χ2v) is 3.98. The number of aliphatic carboxylic acids is 1. The van der Waals surface area contributed by atoms with Gasteiger partial charge < -0.3 is 30.3 Å². The van der Waals surface area contributed by atoms with E-state index < -0.39 is 49.3 Å². The fourth-order valence-corrected chi connectivity index (χ4v) is 1.56. The maximum Gasteiger partial charge on any atom is 0.320 e. The number of carboxylic acids is 1. The number of aliphatic hydroxyl groups excluding tert-OH is 4. The summed E-state index contributed by atoms with van der Waals surface area (Å²) in [6.45, 7) is 0.786. The summed E-state index contributed by atoms with van der Waals surface area (Å²) < 4.78 is 5.07. The SMILES string of the molecule is C[C@H](N[C@H]1O[C@H](CO)[C@@H](O)[C@H](O)[C@H]1O)C(=O)O. The Labute approximate surface area is 97.4 Å². The van der Waals surface area contributed by atoms with Crippen molar-refractivity contribution >= 4 is 5.97 Å². The highest BCUT2D eigenvalue weighted by atomic mass is 16.6. The molecular weight excluding hydrogens is 234 g/mol. The van der Waals surface area contributed by atoms with Crippen molar-refractivity contribution in [1.29, 1.82) is 0 Å². The Morgan fingerprint density at radius 2 is 1.88 bits per heavy atom. The third-order valence-corrected chi connectivity index (χ3v) is 2.68. The summed E-state index contributed by atoms with van der Waals surface area (Å²) in [6.07, 6.45) is -6.66. The predicted molar refractivity (Wildman–Crippen MR) is 54.0 cm³/mol. The van der Waals surface area contributed by atoms with E-state index in [1.54, 1.807) is 0 Å². The van der Waals surface area contributed by atoms with Gasteiger partial charge in [-0.25, -0.2) is 0 Å². The fraction of sp³-hybridized carbons (Fsp3) is 0.889. The first-order valence-corrected chi connectivity index (χ1v) is 5.17. The van der Waals surface area contributed by atoms with Crippen molar-refractivity contribution in [1.82, 2.24) is 5.32 Å². The van der Waals surface area contributed by atoms with Crippen molar-refractivity contribution in [2.45, 2.75) is 43.6 Å². The molecular formula is C9H17NO7. The highest BCUT2D eigenvalue weighted by Crippen LogP contribution is 2.19. The van der Waals surface area contributed by atoms with Gasteiger partial charge in [0.25, 0.3) is 0 Å². The molecule has 0 aromatic carbocycles. The molecule has 100 valence electrons. The zero-order valence-corrected chi connectivity index (χ0v) is 9.22. The van der Waals surface area contributed by atoms with Crippen molar-refractivity contribution in [2.75, 3.05) is 6.61 Å². The summed E-state index contributed by atoms with van der Waals surface area (Å²) in [7, 11) is 0. The minimum Gasteiger partial charge on any atom is -0.480 e. The summed E-state index contributed by atoms with van der Waals surface area (Å²) in [5, 5.41) is 48.5. The van der Waals surface area contributed by atoms with Crippen LogP contribution in [0.2, 0.25) is 0 Å². The Bertz CT molecular complexity index is 272. The van der Waals surface area contributed by atoms with Crippen LogP contribution in [0.15, 0.2) is 0 Å². The minimum absolute atomic E-state index is 0.551. The van der Waals surface area contributed by atoms with E-state index >= 15 is 0 Å². The quantitative estimate of drug-likeness (QED) is 0.308. The highest BCUT2D eigenvalue weighted by molar-refractivity contribution is 5.72. The molecule has 0 unspecified atom stereocenters. The standard InChI is InChI=1S/C9H17NO7/c1-3(9(15)16)10-8-7(14)6(13)5(12)4(2-11)17-8/h3-8,10-14H,2H2,1H3,(H,15,16)/t3-,4+,5+,6-,7+,8-/m0/s1. The minimum atomic E-state index is -1.51. The molecule has 0 bridgehead atoms. The van der Waals surface area contributed by atoms with E-state index in [1.807, 2.05) is 0 Å². The van der Waals surface area contributed by atoms with Crippen molar-refractivity contribution < 1.29 is 35.1 Å². The number of carbonyl (C=O) groups is 1. The number of hydrogen-bond donors (Lipinski definition) is 6. The fourth-order valence-electron chi connectivity index (χ4n) is 1.56. The zero-order chi connectivity index (χ0) is 13.2. The summed E-state index contributed by atoms with van der Waals surface area (Å²) >= 11 is 0. The van der Waals surface area contributed by atoms with Crippen LogP contribution in [0, 0.1) is 0 Å². The van der Waals surface area contributed by atoms with Crippen LogP contribution in [0.3, 0.4) is 0 Å². The van der Waals surface area contributed by atoms with E-state index in [9.17, 15) is 20.1 Å². The average molecular weight is 251 g/mol. The van der Waals surface area contributed by atoms with Crippen molar-refractivity contribution in [3.63, 3.8) is 0 Å². The molecule has 1 rings (SSSR count). The predicted octanol–water partition coefficient (Wildman–Crippen LogP) is -3.15. The van der Waals surface area contributed by atoms with E-state index in [-0.39, 0.29) is 0 Å². The third kappa shape index (κ3) is 3.12.